The fourth-order valence-corrected chi connectivity index (χ4v) is 7.29. The Morgan fingerprint density at radius 3 is 2.26 bits per heavy atom. The number of piperazine rings is 1. The molecule has 4 aliphatic rings. The lowest BCUT2D eigenvalue weighted by Gasteiger charge is -2.35. The normalized spacial score (nSPS) is 19.7. The monoisotopic (exact) mass is 735 g/mol. The maximum absolute atomic E-state index is 13.8. The molecule has 0 spiro atoms. The van der Waals surface area contributed by atoms with E-state index in [1.165, 1.54) is 25.4 Å². The molecule has 286 valence electrons. The van der Waals surface area contributed by atoms with Gasteiger partial charge in [0.1, 0.15) is 12.1 Å². The van der Waals surface area contributed by atoms with E-state index in [2.05, 4.69) is 15.7 Å². The standard InChI is InChI=1S/C37H49N7O9/c45-31(43-17-7-14-30(43)35(48)38-26-10-6-11-26)24-52-32-22-29(40-44(32)27-12-2-1-3-13-27)34(47)39-28(15-16-33(46)53-23-25-8-4-5-9-25)36(49)41-18-20-42(21-19-41)37(50)51/h1-3,12-13,22,25-26,28,30H,4-11,14-21,23-24H2,(H,38,48)(H,39,47)(H,50,51)/t28-,30-/m0/s1. The summed E-state index contributed by atoms with van der Waals surface area (Å²) in [7, 11) is 0. The molecule has 1 aromatic carbocycles. The minimum atomic E-state index is -1.12. The van der Waals surface area contributed by atoms with Crippen molar-refractivity contribution in [2.75, 3.05) is 45.9 Å². The maximum Gasteiger partial charge on any atom is 0.407 e. The van der Waals surface area contributed by atoms with Gasteiger partial charge in [0, 0.05) is 51.3 Å². The molecule has 3 heterocycles. The number of carboxylic acid groups (broad SMARTS) is 1. The molecular formula is C37H49N7O9. The van der Waals surface area contributed by atoms with Gasteiger partial charge in [-0.2, -0.15) is 5.10 Å². The number of esters is 1. The average Bonchev–Trinajstić information content (AvgIpc) is 3.95. The van der Waals surface area contributed by atoms with Crippen molar-refractivity contribution in [2.24, 2.45) is 5.92 Å². The largest absolute Gasteiger partial charge is 0.467 e. The van der Waals surface area contributed by atoms with Crippen molar-refractivity contribution in [3.8, 4) is 11.6 Å². The first-order valence-corrected chi connectivity index (χ1v) is 18.8. The lowest BCUT2D eigenvalue weighted by atomic mass is 9.93. The Morgan fingerprint density at radius 1 is 0.868 bits per heavy atom. The van der Waals surface area contributed by atoms with Crippen molar-refractivity contribution in [1.82, 2.24) is 35.1 Å². The lowest BCUT2D eigenvalue weighted by Crippen LogP contribution is -2.55. The summed E-state index contributed by atoms with van der Waals surface area (Å²) >= 11 is 0. The van der Waals surface area contributed by atoms with E-state index in [9.17, 15) is 33.9 Å². The van der Waals surface area contributed by atoms with Crippen LogP contribution in [0.15, 0.2) is 36.4 Å². The van der Waals surface area contributed by atoms with Gasteiger partial charge >= 0.3 is 12.1 Å². The third-order valence-corrected chi connectivity index (χ3v) is 10.6. The SMILES string of the molecule is O=C(CC[C@H](NC(=O)c1cc(OCC(=O)N2CCC[C@H]2C(=O)NC2CCC2)n(-c2ccccc2)n1)C(=O)N1CCN(C(=O)O)CC1)OCC1CCCC1. The second-order valence-corrected chi connectivity index (χ2v) is 14.3. The zero-order valence-corrected chi connectivity index (χ0v) is 30.0. The van der Waals surface area contributed by atoms with Gasteiger partial charge in [-0.25, -0.2) is 9.48 Å². The predicted octanol–water partition coefficient (Wildman–Crippen LogP) is 2.35. The fourth-order valence-electron chi connectivity index (χ4n) is 7.29. The minimum Gasteiger partial charge on any atom is -0.467 e. The zero-order valence-electron chi connectivity index (χ0n) is 30.0. The second kappa shape index (κ2) is 17.6. The summed E-state index contributed by atoms with van der Waals surface area (Å²) in [6.07, 6.45) is 7.28. The van der Waals surface area contributed by atoms with Gasteiger partial charge in [-0.05, 0) is 69.4 Å². The van der Waals surface area contributed by atoms with Crippen LogP contribution in [0.5, 0.6) is 5.88 Å². The third kappa shape index (κ3) is 9.64. The number of nitrogens with one attached hydrogen (secondary N) is 2. The Bertz CT molecular complexity index is 1630. The van der Waals surface area contributed by atoms with Gasteiger partial charge in [0.15, 0.2) is 12.3 Å². The Morgan fingerprint density at radius 2 is 1.58 bits per heavy atom. The first kappa shape index (κ1) is 37.6. The number of hydrogen-bond acceptors (Lipinski definition) is 9. The van der Waals surface area contributed by atoms with E-state index in [0.29, 0.717) is 37.6 Å². The molecule has 16 heteroatoms. The van der Waals surface area contributed by atoms with E-state index in [4.69, 9.17) is 9.47 Å². The van der Waals surface area contributed by atoms with Crippen LogP contribution in [-0.4, -0.2) is 129 Å². The molecule has 2 aliphatic heterocycles. The summed E-state index contributed by atoms with van der Waals surface area (Å²) in [4.78, 5) is 82.2. The van der Waals surface area contributed by atoms with Gasteiger partial charge in [-0.1, -0.05) is 31.0 Å². The van der Waals surface area contributed by atoms with Crippen LogP contribution in [0.2, 0.25) is 0 Å². The number of ether oxygens (including phenoxy) is 2. The number of benzene rings is 1. The van der Waals surface area contributed by atoms with E-state index in [1.807, 2.05) is 6.07 Å². The molecule has 16 nitrogen and oxygen atoms in total. The van der Waals surface area contributed by atoms with Crippen molar-refractivity contribution in [2.45, 2.75) is 88.8 Å². The predicted molar refractivity (Wildman–Crippen MR) is 189 cm³/mol. The van der Waals surface area contributed by atoms with Gasteiger partial charge in [0.2, 0.25) is 17.7 Å². The first-order chi connectivity index (χ1) is 25.7. The molecule has 2 atom stereocenters. The molecule has 0 unspecified atom stereocenters. The van der Waals surface area contributed by atoms with Crippen molar-refractivity contribution in [3.63, 3.8) is 0 Å². The number of likely N-dealkylation sites (tertiary alicyclic amines) is 1. The number of rotatable bonds is 14. The van der Waals surface area contributed by atoms with E-state index in [-0.39, 0.29) is 75.1 Å². The Hall–Kier alpha value is -5.15. The smallest absolute Gasteiger partial charge is 0.407 e. The number of amides is 5. The van der Waals surface area contributed by atoms with Crippen LogP contribution in [0.3, 0.4) is 0 Å². The Balaban J connectivity index is 1.14. The van der Waals surface area contributed by atoms with Crippen molar-refractivity contribution in [1.29, 1.82) is 0 Å². The van der Waals surface area contributed by atoms with Gasteiger partial charge in [-0.15, -0.1) is 0 Å². The summed E-state index contributed by atoms with van der Waals surface area (Å²) < 4.78 is 12.8. The molecule has 2 aromatic rings. The molecule has 0 bridgehead atoms. The number of hydrogen-bond donors (Lipinski definition) is 3. The highest BCUT2D eigenvalue weighted by molar-refractivity contribution is 5.96. The highest BCUT2D eigenvalue weighted by Crippen LogP contribution is 2.26. The summed E-state index contributed by atoms with van der Waals surface area (Å²) in [5, 5.41) is 19.6. The van der Waals surface area contributed by atoms with Gasteiger partial charge < -0.3 is 39.9 Å². The summed E-state index contributed by atoms with van der Waals surface area (Å²) in [5.74, 6) is -1.69. The van der Waals surface area contributed by atoms with Crippen LogP contribution in [-0.2, 0) is 23.9 Å². The van der Waals surface area contributed by atoms with Crippen molar-refractivity contribution < 1.29 is 43.3 Å². The number of carbonyl (C=O) groups excluding carboxylic acids is 5. The molecule has 2 aliphatic carbocycles. The third-order valence-electron chi connectivity index (χ3n) is 10.6. The quantitative estimate of drug-likeness (QED) is 0.243. The highest BCUT2D eigenvalue weighted by atomic mass is 16.5. The van der Waals surface area contributed by atoms with Gasteiger partial charge in [-0.3, -0.25) is 24.0 Å². The second-order valence-electron chi connectivity index (χ2n) is 14.3. The summed E-state index contributed by atoms with van der Waals surface area (Å²) in [6, 6.07) is 8.75. The molecule has 4 fully saturated rings. The van der Waals surface area contributed by atoms with Crippen LogP contribution >= 0.6 is 0 Å². The summed E-state index contributed by atoms with van der Waals surface area (Å²) in [5.41, 5.74) is 0.467. The van der Waals surface area contributed by atoms with Crippen LogP contribution < -0.4 is 15.4 Å². The molecule has 5 amide bonds. The molecule has 1 aromatic heterocycles. The number of aromatic nitrogens is 2. The van der Waals surface area contributed by atoms with E-state index < -0.39 is 36.0 Å². The van der Waals surface area contributed by atoms with E-state index in [0.717, 1.165) is 44.9 Å². The first-order valence-electron chi connectivity index (χ1n) is 18.8. The number of carbonyl (C=O) groups is 6. The molecule has 6 rings (SSSR count). The van der Waals surface area contributed by atoms with Crippen LogP contribution in [0.25, 0.3) is 5.69 Å². The van der Waals surface area contributed by atoms with Gasteiger partial charge in [0.05, 0.1) is 12.3 Å². The van der Waals surface area contributed by atoms with Crippen LogP contribution in [0.4, 0.5) is 4.79 Å². The van der Waals surface area contributed by atoms with Crippen LogP contribution in [0.1, 0.15) is 81.1 Å². The Labute approximate surface area is 308 Å². The number of para-hydroxylation sites is 1. The lowest BCUT2D eigenvalue weighted by molar-refractivity contribution is -0.145. The highest BCUT2D eigenvalue weighted by Gasteiger charge is 2.36. The topological polar surface area (TPSA) is 193 Å². The average molecular weight is 736 g/mol. The van der Waals surface area contributed by atoms with Crippen molar-refractivity contribution in [3.05, 3.63) is 42.1 Å². The molecule has 2 saturated heterocycles. The molecule has 2 saturated carbocycles. The van der Waals surface area contributed by atoms with Crippen molar-refractivity contribution >= 4 is 35.7 Å². The summed E-state index contributed by atoms with van der Waals surface area (Å²) in [6.45, 7) is 0.890. The van der Waals surface area contributed by atoms with Crippen LogP contribution in [0, 0.1) is 5.92 Å². The maximum atomic E-state index is 13.8. The Kier molecular flexibility index (Phi) is 12.5. The molecule has 0 radical (unpaired) electrons. The number of nitrogens with zero attached hydrogens (tertiary/aromatic N) is 5. The zero-order chi connectivity index (χ0) is 37.3. The molecule has 53 heavy (non-hydrogen) atoms. The molecular weight excluding hydrogens is 686 g/mol. The van der Waals surface area contributed by atoms with E-state index >= 15 is 0 Å². The van der Waals surface area contributed by atoms with E-state index in [1.54, 1.807) is 24.3 Å². The fraction of sp³-hybridized carbons (Fsp3) is 0.595. The minimum absolute atomic E-state index is 0.0319. The molecule has 3 N–H and O–H groups in total. The van der Waals surface area contributed by atoms with Gasteiger partial charge in [0.25, 0.3) is 11.8 Å².